The quantitative estimate of drug-likeness (QED) is 0.325. The number of carbonyl (C=O) groups is 1. The molecule has 1 N–H and O–H groups in total. The smallest absolute Gasteiger partial charge is 0.257 e. The molecule has 0 atom stereocenters. The maximum atomic E-state index is 14.5. The van der Waals surface area contributed by atoms with Crippen LogP contribution < -0.4 is 10.2 Å². The highest BCUT2D eigenvalue weighted by molar-refractivity contribution is 14.1. The Labute approximate surface area is 221 Å². The Morgan fingerprint density at radius 2 is 1.78 bits per heavy atom. The molecule has 2 aliphatic carbocycles. The number of benzene rings is 1. The van der Waals surface area contributed by atoms with E-state index < -0.39 is 11.9 Å². The molecule has 1 saturated heterocycles. The van der Waals surface area contributed by atoms with E-state index >= 15 is 0 Å². The van der Waals surface area contributed by atoms with Crippen LogP contribution in [0.15, 0.2) is 36.7 Å². The molecule has 3 aliphatic rings. The van der Waals surface area contributed by atoms with Gasteiger partial charge in [-0.05, 0) is 96.7 Å². The summed E-state index contributed by atoms with van der Waals surface area (Å²) in [7, 11) is 0. The van der Waals surface area contributed by atoms with Gasteiger partial charge in [0.15, 0.2) is 0 Å². The zero-order chi connectivity index (χ0) is 25.1. The third-order valence-electron chi connectivity index (χ3n) is 8.33. The summed E-state index contributed by atoms with van der Waals surface area (Å²) >= 11 is 2.26. The van der Waals surface area contributed by atoms with Crippen molar-refractivity contribution in [2.45, 2.75) is 63.2 Å². The molecular formula is C27H28F3IN4O. The van der Waals surface area contributed by atoms with Crippen molar-refractivity contribution >= 4 is 45.5 Å². The molecule has 190 valence electrons. The van der Waals surface area contributed by atoms with Gasteiger partial charge in [0.25, 0.3) is 5.91 Å². The van der Waals surface area contributed by atoms with Crippen molar-refractivity contribution in [3.05, 3.63) is 57.3 Å². The molecule has 1 spiro atoms. The Bertz CT molecular complexity index is 1320. The second-order valence-corrected chi connectivity index (χ2v) is 11.9. The number of aromatic nitrogens is 2. The number of imidazole rings is 1. The summed E-state index contributed by atoms with van der Waals surface area (Å²) in [5.74, 6) is -3.65. The van der Waals surface area contributed by atoms with Crippen LogP contribution >= 0.6 is 22.6 Å². The van der Waals surface area contributed by atoms with E-state index in [1.54, 1.807) is 6.07 Å². The molecule has 3 heterocycles. The molecular weight excluding hydrogens is 580 g/mol. The van der Waals surface area contributed by atoms with Gasteiger partial charge in [-0.1, -0.05) is 0 Å². The molecule has 2 saturated carbocycles. The number of amides is 1. The molecule has 5 nitrogen and oxygen atoms in total. The fraction of sp³-hybridized carbons (Fsp3) is 0.481. The first kappa shape index (κ1) is 24.1. The van der Waals surface area contributed by atoms with Crippen LogP contribution in [-0.4, -0.2) is 34.3 Å². The van der Waals surface area contributed by atoms with Crippen molar-refractivity contribution in [3.63, 3.8) is 0 Å². The maximum Gasteiger partial charge on any atom is 0.257 e. The first-order valence-corrected chi connectivity index (χ1v) is 13.7. The van der Waals surface area contributed by atoms with E-state index in [-0.39, 0.29) is 24.7 Å². The van der Waals surface area contributed by atoms with Gasteiger partial charge in [0.1, 0.15) is 5.65 Å². The minimum atomic E-state index is -2.66. The van der Waals surface area contributed by atoms with Crippen molar-refractivity contribution in [2.24, 2.45) is 5.41 Å². The second-order valence-electron chi connectivity index (χ2n) is 10.7. The van der Waals surface area contributed by atoms with Crippen molar-refractivity contribution in [3.8, 4) is 0 Å². The predicted octanol–water partition coefficient (Wildman–Crippen LogP) is 7.00. The number of nitrogens with zero attached hydrogens (tertiary/aromatic N) is 3. The van der Waals surface area contributed by atoms with Crippen molar-refractivity contribution < 1.29 is 18.0 Å². The monoisotopic (exact) mass is 608 g/mol. The molecule has 1 aromatic carbocycles. The summed E-state index contributed by atoms with van der Waals surface area (Å²) in [4.78, 5) is 20.0. The number of hydrogen-bond acceptors (Lipinski definition) is 3. The number of rotatable bonds is 4. The fourth-order valence-electron chi connectivity index (χ4n) is 5.86. The highest BCUT2D eigenvalue weighted by Gasteiger charge is 2.44. The van der Waals surface area contributed by atoms with E-state index in [2.05, 4.69) is 37.8 Å². The number of alkyl halides is 2. The minimum absolute atomic E-state index is 0.164. The van der Waals surface area contributed by atoms with Gasteiger partial charge >= 0.3 is 0 Å². The largest absolute Gasteiger partial charge is 0.371 e. The molecule has 0 radical (unpaired) electrons. The zero-order valence-corrected chi connectivity index (χ0v) is 22.0. The van der Waals surface area contributed by atoms with Crippen LogP contribution in [0.2, 0.25) is 0 Å². The molecule has 9 heteroatoms. The highest BCUT2D eigenvalue weighted by atomic mass is 127. The predicted molar refractivity (Wildman–Crippen MR) is 142 cm³/mol. The molecule has 3 fully saturated rings. The third-order valence-corrected chi connectivity index (χ3v) is 9.00. The van der Waals surface area contributed by atoms with E-state index in [4.69, 9.17) is 0 Å². The van der Waals surface area contributed by atoms with E-state index in [1.807, 2.05) is 18.2 Å². The average molecular weight is 608 g/mol. The van der Waals surface area contributed by atoms with Crippen LogP contribution in [0.4, 0.5) is 24.5 Å². The molecule has 36 heavy (non-hydrogen) atoms. The normalized spacial score (nSPS) is 21.2. The van der Waals surface area contributed by atoms with E-state index in [9.17, 15) is 18.0 Å². The van der Waals surface area contributed by atoms with Crippen LogP contribution in [0.25, 0.3) is 5.65 Å². The topological polar surface area (TPSA) is 49.6 Å². The summed E-state index contributed by atoms with van der Waals surface area (Å²) in [6, 6.07) is 7.58. The third kappa shape index (κ3) is 4.59. The number of carbonyl (C=O) groups excluding carboxylic acids is 1. The van der Waals surface area contributed by atoms with Gasteiger partial charge in [-0.2, -0.15) is 4.39 Å². The van der Waals surface area contributed by atoms with Crippen LogP contribution in [0.1, 0.15) is 73.2 Å². The molecule has 0 bridgehead atoms. The minimum Gasteiger partial charge on any atom is -0.371 e. The van der Waals surface area contributed by atoms with E-state index in [0.717, 1.165) is 41.4 Å². The van der Waals surface area contributed by atoms with Crippen LogP contribution in [0.5, 0.6) is 0 Å². The van der Waals surface area contributed by atoms with Gasteiger partial charge in [-0.3, -0.25) is 9.20 Å². The van der Waals surface area contributed by atoms with Gasteiger partial charge in [0, 0.05) is 41.3 Å². The lowest BCUT2D eigenvalue weighted by Gasteiger charge is -2.35. The van der Waals surface area contributed by atoms with Crippen LogP contribution in [-0.2, 0) is 0 Å². The summed E-state index contributed by atoms with van der Waals surface area (Å²) in [6.45, 7) is 1.87. The number of pyridine rings is 1. The fourth-order valence-corrected chi connectivity index (χ4v) is 6.34. The Morgan fingerprint density at radius 3 is 2.47 bits per heavy atom. The Kier molecular flexibility index (Phi) is 5.96. The number of fused-ring (bicyclic) bond motifs is 1. The van der Waals surface area contributed by atoms with Gasteiger partial charge in [0.2, 0.25) is 11.9 Å². The van der Waals surface area contributed by atoms with Crippen LogP contribution in [0.3, 0.4) is 0 Å². The standard InChI is InChI=1S/C27H28F3IN4O/c28-23-15-32-24-21(17-3-5-27(29,30)6-4-17)14-19(16-35(23)24)33-25(36)20-2-1-18(31)13-22(20)34-11-9-26(7-8-26)10-12-34/h1-2,13-17H,3-12H2,(H,33,36). The van der Waals surface area contributed by atoms with Gasteiger partial charge in [0.05, 0.1) is 23.1 Å². The average Bonchev–Trinajstić information content (AvgIpc) is 3.50. The molecule has 0 unspecified atom stereocenters. The van der Waals surface area contributed by atoms with Crippen molar-refractivity contribution in [1.82, 2.24) is 9.38 Å². The van der Waals surface area contributed by atoms with Gasteiger partial charge in [-0.15, -0.1) is 0 Å². The zero-order valence-electron chi connectivity index (χ0n) is 19.9. The first-order chi connectivity index (χ1) is 17.2. The molecule has 6 rings (SSSR count). The van der Waals surface area contributed by atoms with Crippen molar-refractivity contribution in [1.29, 1.82) is 0 Å². The lowest BCUT2D eigenvalue weighted by Crippen LogP contribution is -2.35. The molecule has 2 aromatic heterocycles. The Morgan fingerprint density at radius 1 is 1.06 bits per heavy atom. The van der Waals surface area contributed by atoms with E-state index in [0.29, 0.717) is 40.7 Å². The Hall–Kier alpha value is -2.30. The molecule has 3 aromatic rings. The summed E-state index contributed by atoms with van der Waals surface area (Å²) in [5, 5.41) is 2.96. The lowest BCUT2D eigenvalue weighted by molar-refractivity contribution is -0.0381. The first-order valence-electron chi connectivity index (χ1n) is 12.6. The molecule has 1 aliphatic heterocycles. The van der Waals surface area contributed by atoms with Crippen molar-refractivity contribution in [2.75, 3.05) is 23.3 Å². The number of anilines is 2. The lowest BCUT2D eigenvalue weighted by atomic mass is 9.82. The SMILES string of the molecule is O=C(Nc1cc(C2CCC(F)(F)CC2)c2ncc(F)n2c1)c1ccc(I)cc1N1CCC2(CC1)CC2. The maximum absolute atomic E-state index is 14.5. The Balaban J connectivity index is 1.29. The summed E-state index contributed by atoms with van der Waals surface area (Å²) in [6.07, 6.45) is 7.77. The van der Waals surface area contributed by atoms with Crippen LogP contribution in [0, 0.1) is 14.9 Å². The summed E-state index contributed by atoms with van der Waals surface area (Å²) in [5.41, 5.74) is 3.56. The molecule has 1 amide bonds. The number of hydrogen-bond donors (Lipinski definition) is 1. The number of piperidine rings is 1. The van der Waals surface area contributed by atoms with E-state index in [1.165, 1.54) is 23.4 Å². The van der Waals surface area contributed by atoms with Gasteiger partial charge < -0.3 is 10.2 Å². The second kappa shape index (κ2) is 8.92. The number of halogens is 4. The summed E-state index contributed by atoms with van der Waals surface area (Å²) < 4.78 is 44.4. The number of nitrogens with one attached hydrogen (secondary N) is 1. The highest BCUT2D eigenvalue weighted by Crippen LogP contribution is 2.54. The van der Waals surface area contributed by atoms with Gasteiger partial charge in [-0.25, -0.2) is 13.8 Å².